The molecular weight excluding hydrogens is 250 g/mol. The number of aromatic nitrogens is 2. The standard InChI is InChI=1S/C16H21N3O/c1-13-17-8-9-19(13)10-11-20-16-6-2-14(3-7-16)12-18-15-4-5-15/h2-3,6-9,15,18H,4-5,10-12H2,1H3. The summed E-state index contributed by atoms with van der Waals surface area (Å²) in [6.45, 7) is 4.45. The highest BCUT2D eigenvalue weighted by Gasteiger charge is 2.19. The third kappa shape index (κ3) is 3.61. The maximum absolute atomic E-state index is 5.76. The van der Waals surface area contributed by atoms with Gasteiger partial charge in [-0.15, -0.1) is 0 Å². The third-order valence-electron chi connectivity index (χ3n) is 3.62. The summed E-state index contributed by atoms with van der Waals surface area (Å²) in [6.07, 6.45) is 6.45. The Hall–Kier alpha value is -1.81. The molecule has 4 heteroatoms. The van der Waals surface area contributed by atoms with Crippen LogP contribution in [0, 0.1) is 6.92 Å². The van der Waals surface area contributed by atoms with Gasteiger partial charge in [0, 0.05) is 25.0 Å². The van der Waals surface area contributed by atoms with E-state index < -0.39 is 0 Å². The minimum Gasteiger partial charge on any atom is -0.492 e. The lowest BCUT2D eigenvalue weighted by atomic mass is 10.2. The van der Waals surface area contributed by atoms with Crippen molar-refractivity contribution in [1.82, 2.24) is 14.9 Å². The zero-order valence-corrected chi connectivity index (χ0v) is 11.9. The van der Waals surface area contributed by atoms with Crippen LogP contribution in [0.15, 0.2) is 36.7 Å². The van der Waals surface area contributed by atoms with E-state index in [0.717, 1.165) is 30.7 Å². The number of nitrogens with one attached hydrogen (secondary N) is 1. The quantitative estimate of drug-likeness (QED) is 0.841. The first-order valence-corrected chi connectivity index (χ1v) is 7.24. The number of benzene rings is 1. The number of rotatable bonds is 7. The minimum atomic E-state index is 0.664. The van der Waals surface area contributed by atoms with Gasteiger partial charge in [0.25, 0.3) is 0 Å². The van der Waals surface area contributed by atoms with Crippen molar-refractivity contribution in [3.05, 3.63) is 48.0 Å². The number of ether oxygens (including phenoxy) is 1. The second kappa shape index (κ2) is 6.09. The average molecular weight is 271 g/mol. The fourth-order valence-electron chi connectivity index (χ4n) is 2.16. The Morgan fingerprint density at radius 1 is 1.30 bits per heavy atom. The molecule has 3 rings (SSSR count). The van der Waals surface area contributed by atoms with Gasteiger partial charge in [-0.3, -0.25) is 0 Å². The lowest BCUT2D eigenvalue weighted by molar-refractivity contribution is 0.297. The molecule has 0 amide bonds. The fraction of sp³-hybridized carbons (Fsp3) is 0.438. The van der Waals surface area contributed by atoms with E-state index in [9.17, 15) is 0 Å². The maximum Gasteiger partial charge on any atom is 0.119 e. The molecule has 0 atom stereocenters. The second-order valence-corrected chi connectivity index (χ2v) is 5.32. The lowest BCUT2D eigenvalue weighted by Gasteiger charge is -2.09. The molecule has 1 saturated carbocycles. The van der Waals surface area contributed by atoms with E-state index in [1.807, 2.05) is 31.5 Å². The van der Waals surface area contributed by atoms with Crippen LogP contribution >= 0.6 is 0 Å². The molecule has 106 valence electrons. The van der Waals surface area contributed by atoms with Gasteiger partial charge in [0.15, 0.2) is 0 Å². The van der Waals surface area contributed by atoms with Crippen LogP contribution in [0.3, 0.4) is 0 Å². The summed E-state index contributed by atoms with van der Waals surface area (Å²) >= 11 is 0. The molecule has 1 aromatic carbocycles. The first-order valence-electron chi connectivity index (χ1n) is 7.24. The Balaban J connectivity index is 1.44. The highest BCUT2D eigenvalue weighted by molar-refractivity contribution is 5.27. The van der Waals surface area contributed by atoms with Crippen LogP contribution in [0.25, 0.3) is 0 Å². The smallest absolute Gasteiger partial charge is 0.119 e. The highest BCUT2D eigenvalue weighted by atomic mass is 16.5. The average Bonchev–Trinajstić information content (AvgIpc) is 3.21. The molecule has 0 saturated heterocycles. The zero-order valence-electron chi connectivity index (χ0n) is 11.9. The molecule has 1 N–H and O–H groups in total. The minimum absolute atomic E-state index is 0.664. The Kier molecular flexibility index (Phi) is 4.02. The monoisotopic (exact) mass is 271 g/mol. The first-order chi connectivity index (χ1) is 9.81. The van der Waals surface area contributed by atoms with E-state index in [4.69, 9.17) is 4.74 Å². The van der Waals surface area contributed by atoms with Crippen molar-refractivity contribution >= 4 is 0 Å². The van der Waals surface area contributed by atoms with E-state index in [1.54, 1.807) is 0 Å². The van der Waals surface area contributed by atoms with Crippen LogP contribution < -0.4 is 10.1 Å². The highest BCUT2D eigenvalue weighted by Crippen LogP contribution is 2.19. The van der Waals surface area contributed by atoms with Gasteiger partial charge >= 0.3 is 0 Å². The molecule has 2 aromatic rings. The number of hydrogen-bond donors (Lipinski definition) is 1. The molecule has 1 heterocycles. The van der Waals surface area contributed by atoms with Crippen LogP contribution in [-0.4, -0.2) is 22.2 Å². The first kappa shape index (κ1) is 13.2. The normalized spacial score (nSPS) is 14.4. The van der Waals surface area contributed by atoms with E-state index in [-0.39, 0.29) is 0 Å². The van der Waals surface area contributed by atoms with Crippen molar-refractivity contribution in [3.8, 4) is 5.75 Å². The van der Waals surface area contributed by atoms with Gasteiger partial charge < -0.3 is 14.6 Å². The summed E-state index contributed by atoms with van der Waals surface area (Å²) in [5.41, 5.74) is 1.31. The van der Waals surface area contributed by atoms with Crippen molar-refractivity contribution in [1.29, 1.82) is 0 Å². The van der Waals surface area contributed by atoms with Gasteiger partial charge in [0.05, 0.1) is 6.54 Å². The van der Waals surface area contributed by atoms with E-state index in [2.05, 4.69) is 27.0 Å². The summed E-state index contributed by atoms with van der Waals surface area (Å²) in [5.74, 6) is 1.95. The zero-order chi connectivity index (χ0) is 13.8. The Morgan fingerprint density at radius 2 is 2.10 bits per heavy atom. The number of hydrogen-bond acceptors (Lipinski definition) is 3. The molecular formula is C16H21N3O. The summed E-state index contributed by atoms with van der Waals surface area (Å²) in [4.78, 5) is 4.19. The van der Waals surface area contributed by atoms with Crippen LogP contribution in [0.1, 0.15) is 24.2 Å². The molecule has 0 aliphatic heterocycles. The molecule has 1 aromatic heterocycles. The van der Waals surface area contributed by atoms with Crippen LogP contribution in [0.5, 0.6) is 5.75 Å². The van der Waals surface area contributed by atoms with Crippen LogP contribution in [0.4, 0.5) is 0 Å². The summed E-state index contributed by atoms with van der Waals surface area (Å²) in [5, 5.41) is 3.51. The molecule has 1 aliphatic rings. The van der Waals surface area contributed by atoms with Crippen molar-refractivity contribution < 1.29 is 4.74 Å². The number of aryl methyl sites for hydroxylation is 1. The van der Waals surface area contributed by atoms with Gasteiger partial charge in [-0.1, -0.05) is 12.1 Å². The SMILES string of the molecule is Cc1nccn1CCOc1ccc(CNC2CC2)cc1. The van der Waals surface area contributed by atoms with Gasteiger partial charge in [-0.05, 0) is 37.5 Å². The van der Waals surface area contributed by atoms with E-state index >= 15 is 0 Å². The molecule has 0 bridgehead atoms. The van der Waals surface area contributed by atoms with Gasteiger partial charge in [0.2, 0.25) is 0 Å². The predicted molar refractivity (Wildman–Crippen MR) is 78.8 cm³/mol. The Morgan fingerprint density at radius 3 is 2.75 bits per heavy atom. The summed E-state index contributed by atoms with van der Waals surface area (Å²) in [6, 6.07) is 9.11. The van der Waals surface area contributed by atoms with Crippen LogP contribution in [-0.2, 0) is 13.1 Å². The maximum atomic E-state index is 5.76. The molecule has 4 nitrogen and oxygen atoms in total. The Bertz CT molecular complexity index is 543. The molecule has 0 radical (unpaired) electrons. The number of imidazole rings is 1. The molecule has 0 spiro atoms. The fourth-order valence-corrected chi connectivity index (χ4v) is 2.16. The molecule has 20 heavy (non-hydrogen) atoms. The van der Waals surface area contributed by atoms with E-state index in [1.165, 1.54) is 18.4 Å². The van der Waals surface area contributed by atoms with Crippen LogP contribution in [0.2, 0.25) is 0 Å². The van der Waals surface area contributed by atoms with Crippen molar-refractivity contribution in [2.24, 2.45) is 0 Å². The largest absolute Gasteiger partial charge is 0.492 e. The summed E-state index contributed by atoms with van der Waals surface area (Å²) < 4.78 is 7.85. The number of nitrogens with zero attached hydrogens (tertiary/aromatic N) is 2. The van der Waals surface area contributed by atoms with Crippen molar-refractivity contribution in [2.45, 2.75) is 38.9 Å². The van der Waals surface area contributed by atoms with Gasteiger partial charge in [-0.2, -0.15) is 0 Å². The van der Waals surface area contributed by atoms with Gasteiger partial charge in [0.1, 0.15) is 18.2 Å². The third-order valence-corrected chi connectivity index (χ3v) is 3.62. The second-order valence-electron chi connectivity index (χ2n) is 5.32. The van der Waals surface area contributed by atoms with Gasteiger partial charge in [-0.25, -0.2) is 4.98 Å². The lowest BCUT2D eigenvalue weighted by Crippen LogP contribution is -2.15. The molecule has 0 unspecified atom stereocenters. The topological polar surface area (TPSA) is 39.1 Å². The van der Waals surface area contributed by atoms with E-state index in [0.29, 0.717) is 6.61 Å². The summed E-state index contributed by atoms with van der Waals surface area (Å²) in [7, 11) is 0. The molecule has 1 fully saturated rings. The Labute approximate surface area is 119 Å². The predicted octanol–water partition coefficient (Wildman–Crippen LogP) is 2.52. The van der Waals surface area contributed by atoms with Crippen molar-refractivity contribution in [2.75, 3.05) is 6.61 Å². The van der Waals surface area contributed by atoms with Crippen molar-refractivity contribution in [3.63, 3.8) is 0 Å². The molecule has 1 aliphatic carbocycles.